The highest BCUT2D eigenvalue weighted by molar-refractivity contribution is 7.92. The Morgan fingerprint density at radius 1 is 1.00 bits per heavy atom. The van der Waals surface area contributed by atoms with E-state index in [1.54, 1.807) is 42.9 Å². The molecular weight excluding hydrogens is 388 g/mol. The highest BCUT2D eigenvalue weighted by Gasteiger charge is 2.30. The number of anilines is 2. The molecule has 0 unspecified atom stereocenters. The maximum Gasteiger partial charge on any atom is 0.323 e. The van der Waals surface area contributed by atoms with Gasteiger partial charge in [0.15, 0.2) is 9.84 Å². The van der Waals surface area contributed by atoms with Crippen molar-refractivity contribution in [3.05, 3.63) is 67.3 Å². The number of nitrogens with zero attached hydrogens (tertiary/aromatic N) is 2. The molecule has 1 fully saturated rings. The molecule has 2 amide bonds. The van der Waals surface area contributed by atoms with Crippen LogP contribution in [0.5, 0.6) is 0 Å². The van der Waals surface area contributed by atoms with Gasteiger partial charge in [-0.25, -0.2) is 18.2 Å². The van der Waals surface area contributed by atoms with E-state index < -0.39 is 15.9 Å². The van der Waals surface area contributed by atoms with Gasteiger partial charge in [-0.2, -0.15) is 0 Å². The molecule has 1 heterocycles. The first kappa shape index (κ1) is 19.2. The SMILES string of the molecule is O=C(Nc1ccc(-n2ccnc2)cc1)Nc1cccc(S(=O)(=O)C2CCCC2)c1. The van der Waals surface area contributed by atoms with Crippen LogP contribution in [0.4, 0.5) is 16.2 Å². The molecule has 0 saturated heterocycles. The van der Waals surface area contributed by atoms with E-state index in [1.165, 1.54) is 6.07 Å². The Morgan fingerprint density at radius 3 is 2.41 bits per heavy atom. The van der Waals surface area contributed by atoms with Crippen molar-refractivity contribution in [3.63, 3.8) is 0 Å². The van der Waals surface area contributed by atoms with Crippen molar-refractivity contribution in [1.82, 2.24) is 9.55 Å². The van der Waals surface area contributed by atoms with Gasteiger partial charge in [0.25, 0.3) is 0 Å². The van der Waals surface area contributed by atoms with Crippen LogP contribution in [-0.4, -0.2) is 29.2 Å². The molecule has 1 aromatic heterocycles. The van der Waals surface area contributed by atoms with Gasteiger partial charge in [0.05, 0.1) is 16.5 Å². The first-order chi connectivity index (χ1) is 14.0. The molecule has 1 aliphatic rings. The van der Waals surface area contributed by atoms with E-state index in [9.17, 15) is 13.2 Å². The number of benzene rings is 2. The number of rotatable bonds is 5. The van der Waals surface area contributed by atoms with Crippen LogP contribution in [0, 0.1) is 0 Å². The molecule has 0 atom stereocenters. The highest BCUT2D eigenvalue weighted by atomic mass is 32.2. The first-order valence-electron chi connectivity index (χ1n) is 9.53. The number of carbonyl (C=O) groups excluding carboxylic acids is 1. The van der Waals surface area contributed by atoms with Crippen molar-refractivity contribution in [1.29, 1.82) is 0 Å². The lowest BCUT2D eigenvalue weighted by atomic mass is 10.3. The quantitative estimate of drug-likeness (QED) is 0.658. The van der Waals surface area contributed by atoms with Gasteiger partial charge in [0.1, 0.15) is 0 Å². The second-order valence-corrected chi connectivity index (χ2v) is 9.30. The summed E-state index contributed by atoms with van der Waals surface area (Å²) in [5.74, 6) is 0. The van der Waals surface area contributed by atoms with Gasteiger partial charge in [0.2, 0.25) is 0 Å². The Balaban J connectivity index is 1.42. The summed E-state index contributed by atoms with van der Waals surface area (Å²) in [5.41, 5.74) is 2.00. The molecule has 0 bridgehead atoms. The van der Waals surface area contributed by atoms with Gasteiger partial charge in [0, 0.05) is 29.5 Å². The predicted molar refractivity (Wildman–Crippen MR) is 112 cm³/mol. The van der Waals surface area contributed by atoms with Crippen LogP contribution in [0.3, 0.4) is 0 Å². The van der Waals surface area contributed by atoms with E-state index in [0.717, 1.165) is 18.5 Å². The van der Waals surface area contributed by atoms with Gasteiger partial charge < -0.3 is 15.2 Å². The Kier molecular flexibility index (Phi) is 5.35. The zero-order chi connectivity index (χ0) is 20.3. The van der Waals surface area contributed by atoms with Crippen LogP contribution < -0.4 is 10.6 Å². The molecule has 29 heavy (non-hydrogen) atoms. The maximum atomic E-state index is 12.8. The molecule has 4 rings (SSSR count). The molecule has 2 aromatic carbocycles. The van der Waals surface area contributed by atoms with E-state index in [2.05, 4.69) is 15.6 Å². The number of carbonyl (C=O) groups is 1. The number of sulfone groups is 1. The molecule has 0 spiro atoms. The zero-order valence-corrected chi connectivity index (χ0v) is 16.6. The normalized spacial score (nSPS) is 14.6. The van der Waals surface area contributed by atoms with Gasteiger partial charge in [-0.3, -0.25) is 0 Å². The van der Waals surface area contributed by atoms with Crippen LogP contribution in [0.25, 0.3) is 5.69 Å². The highest BCUT2D eigenvalue weighted by Crippen LogP contribution is 2.30. The van der Waals surface area contributed by atoms with Crippen LogP contribution in [0.2, 0.25) is 0 Å². The third-order valence-electron chi connectivity index (χ3n) is 5.09. The summed E-state index contributed by atoms with van der Waals surface area (Å²) in [6.45, 7) is 0. The zero-order valence-electron chi connectivity index (χ0n) is 15.8. The summed E-state index contributed by atoms with van der Waals surface area (Å²) < 4.78 is 27.4. The van der Waals surface area contributed by atoms with E-state index in [-0.39, 0.29) is 10.1 Å². The summed E-state index contributed by atoms with van der Waals surface area (Å²) in [6.07, 6.45) is 8.53. The van der Waals surface area contributed by atoms with E-state index in [0.29, 0.717) is 24.2 Å². The summed E-state index contributed by atoms with van der Waals surface area (Å²) in [6, 6.07) is 13.3. The van der Waals surface area contributed by atoms with Crippen molar-refractivity contribution in [2.24, 2.45) is 0 Å². The fourth-order valence-electron chi connectivity index (χ4n) is 3.56. The Hall–Kier alpha value is -3.13. The molecule has 0 radical (unpaired) electrons. The Bertz CT molecular complexity index is 1090. The monoisotopic (exact) mass is 410 g/mol. The third kappa shape index (κ3) is 4.32. The molecule has 1 saturated carbocycles. The number of amides is 2. The second kappa shape index (κ2) is 8.08. The molecule has 8 heteroatoms. The van der Waals surface area contributed by atoms with Gasteiger partial charge in [-0.15, -0.1) is 0 Å². The number of aromatic nitrogens is 2. The minimum Gasteiger partial charge on any atom is -0.308 e. The fourth-order valence-corrected chi connectivity index (χ4v) is 5.46. The fraction of sp³-hybridized carbons (Fsp3) is 0.238. The van der Waals surface area contributed by atoms with Crippen LogP contribution in [0.15, 0.2) is 72.1 Å². The topological polar surface area (TPSA) is 93.1 Å². The molecule has 7 nitrogen and oxygen atoms in total. The smallest absolute Gasteiger partial charge is 0.308 e. The first-order valence-corrected chi connectivity index (χ1v) is 11.1. The molecule has 0 aliphatic heterocycles. The van der Waals surface area contributed by atoms with Crippen LogP contribution in [-0.2, 0) is 9.84 Å². The van der Waals surface area contributed by atoms with Gasteiger partial charge in [-0.1, -0.05) is 18.9 Å². The van der Waals surface area contributed by atoms with Crippen molar-refractivity contribution < 1.29 is 13.2 Å². The number of urea groups is 1. The number of hydrogen-bond acceptors (Lipinski definition) is 4. The standard InChI is InChI=1S/C21H22N4O3S/c26-21(23-16-8-10-18(11-9-16)25-13-12-22-15-25)24-17-4-3-7-20(14-17)29(27,28)19-5-1-2-6-19/h3-4,7-15,19H,1-2,5-6H2,(H2,23,24,26). The molecular formula is C21H22N4O3S. The molecule has 2 N–H and O–H groups in total. The second-order valence-electron chi connectivity index (χ2n) is 7.08. The summed E-state index contributed by atoms with van der Waals surface area (Å²) >= 11 is 0. The average Bonchev–Trinajstić information content (AvgIpc) is 3.43. The Morgan fingerprint density at radius 2 is 1.72 bits per heavy atom. The number of nitrogens with one attached hydrogen (secondary N) is 2. The lowest BCUT2D eigenvalue weighted by Crippen LogP contribution is -2.20. The lowest BCUT2D eigenvalue weighted by molar-refractivity contribution is 0.262. The minimum absolute atomic E-state index is 0.256. The van der Waals surface area contributed by atoms with E-state index in [1.807, 2.05) is 22.9 Å². The van der Waals surface area contributed by atoms with Crippen LogP contribution in [0.1, 0.15) is 25.7 Å². The molecule has 3 aromatic rings. The van der Waals surface area contributed by atoms with Gasteiger partial charge in [-0.05, 0) is 55.3 Å². The van der Waals surface area contributed by atoms with Crippen molar-refractivity contribution in [3.8, 4) is 5.69 Å². The predicted octanol–water partition coefficient (Wildman–Crippen LogP) is 4.23. The Labute approximate surface area is 169 Å². The van der Waals surface area contributed by atoms with Crippen LogP contribution >= 0.6 is 0 Å². The number of hydrogen-bond donors (Lipinski definition) is 2. The van der Waals surface area contributed by atoms with Crippen molar-refractivity contribution in [2.75, 3.05) is 10.6 Å². The third-order valence-corrected chi connectivity index (χ3v) is 7.35. The molecule has 150 valence electrons. The largest absolute Gasteiger partial charge is 0.323 e. The minimum atomic E-state index is -3.36. The summed E-state index contributed by atoms with van der Waals surface area (Å²) in [7, 11) is -3.36. The summed E-state index contributed by atoms with van der Waals surface area (Å²) in [5, 5.41) is 5.14. The lowest BCUT2D eigenvalue weighted by Gasteiger charge is -2.13. The van der Waals surface area contributed by atoms with Crippen molar-refractivity contribution >= 4 is 27.2 Å². The molecule has 1 aliphatic carbocycles. The van der Waals surface area contributed by atoms with E-state index in [4.69, 9.17) is 0 Å². The van der Waals surface area contributed by atoms with Gasteiger partial charge >= 0.3 is 6.03 Å². The van der Waals surface area contributed by atoms with Crippen molar-refractivity contribution in [2.45, 2.75) is 35.8 Å². The maximum absolute atomic E-state index is 12.8. The van der Waals surface area contributed by atoms with E-state index >= 15 is 0 Å². The number of imidazole rings is 1. The average molecular weight is 410 g/mol. The summed E-state index contributed by atoms with van der Waals surface area (Å²) in [4.78, 5) is 16.6.